The molecule has 0 unspecified atom stereocenters. The molecule has 3 heterocycles. The first-order chi connectivity index (χ1) is 21.1. The molecule has 2 amide bonds. The number of nitrogens with zero attached hydrogens (tertiary/aromatic N) is 4. The number of rotatable bonds is 9. The lowest BCUT2D eigenvalue weighted by Gasteiger charge is -2.31. The number of amides is 2. The van der Waals surface area contributed by atoms with E-state index in [9.17, 15) is 24.6 Å². The third-order valence-electron chi connectivity index (χ3n) is 7.07. The van der Waals surface area contributed by atoms with Crippen molar-refractivity contribution in [2.45, 2.75) is 21.9 Å². The molecule has 44 heavy (non-hydrogen) atoms. The largest absolute Gasteiger partial charge is 0.496 e. The number of aromatic hydroxyl groups is 2. The van der Waals surface area contributed by atoms with Crippen LogP contribution in [0.25, 0.3) is 0 Å². The summed E-state index contributed by atoms with van der Waals surface area (Å²) >= 11 is 2.74. The third kappa shape index (κ3) is 6.92. The molecule has 3 N–H and O–H groups in total. The summed E-state index contributed by atoms with van der Waals surface area (Å²) in [6.45, 7) is 0.636. The Hall–Kier alpha value is -4.69. The molecule has 14 heteroatoms. The Morgan fingerprint density at radius 2 is 1.70 bits per heavy atom. The third-order valence-corrected chi connectivity index (χ3v) is 9.07. The number of likely N-dealkylation sites (tertiary alicyclic amines) is 1. The fraction of sp³-hybridized carbons (Fsp3) is 0.267. The minimum absolute atomic E-state index is 0.227. The second kappa shape index (κ2) is 13.3. The molecular formula is C30H31N5O7S2. The van der Waals surface area contributed by atoms with Crippen LogP contribution in [0.5, 0.6) is 17.5 Å². The van der Waals surface area contributed by atoms with Gasteiger partial charge in [0.25, 0.3) is 11.8 Å². The molecule has 5 rings (SSSR count). The number of carbonyl (C=O) groups excluding carboxylic acids is 3. The second-order valence-corrected chi connectivity index (χ2v) is 12.6. The van der Waals surface area contributed by atoms with Crippen molar-refractivity contribution in [1.82, 2.24) is 14.6 Å². The van der Waals surface area contributed by atoms with Crippen LogP contribution in [0.3, 0.4) is 0 Å². The van der Waals surface area contributed by atoms with Crippen molar-refractivity contribution < 1.29 is 34.2 Å². The van der Waals surface area contributed by atoms with Crippen molar-refractivity contribution in [2.24, 2.45) is 5.92 Å². The molecule has 1 aliphatic rings. The van der Waals surface area contributed by atoms with E-state index in [1.807, 2.05) is 37.2 Å². The number of carbonyl (C=O) groups is 3. The molecule has 2 aromatic carbocycles. The fourth-order valence-electron chi connectivity index (χ4n) is 4.63. The van der Waals surface area contributed by atoms with Crippen LogP contribution in [-0.4, -0.2) is 76.9 Å². The van der Waals surface area contributed by atoms with E-state index in [2.05, 4.69) is 10.3 Å². The number of ether oxygens (including phenoxy) is 1. The molecule has 0 aliphatic carbocycles. The molecule has 12 nitrogen and oxygen atoms in total. The highest BCUT2D eigenvalue weighted by Gasteiger charge is 2.31. The van der Waals surface area contributed by atoms with Gasteiger partial charge in [-0.15, -0.1) is 4.73 Å². The van der Waals surface area contributed by atoms with Gasteiger partial charge in [0, 0.05) is 55.5 Å². The first kappa shape index (κ1) is 30.8. The van der Waals surface area contributed by atoms with Crippen molar-refractivity contribution in [1.29, 1.82) is 0 Å². The summed E-state index contributed by atoms with van der Waals surface area (Å²) in [6.07, 6.45) is 2.39. The number of thiazole rings is 1. The predicted molar refractivity (Wildman–Crippen MR) is 166 cm³/mol. The zero-order valence-electron chi connectivity index (χ0n) is 24.2. The Labute approximate surface area is 261 Å². The summed E-state index contributed by atoms with van der Waals surface area (Å²) in [5.41, 5.74) is 1.91. The van der Waals surface area contributed by atoms with Gasteiger partial charge < -0.3 is 29.6 Å². The Morgan fingerprint density at radius 3 is 2.34 bits per heavy atom. The second-order valence-electron chi connectivity index (χ2n) is 10.2. The number of hydrogen-bond acceptors (Lipinski definition) is 11. The molecule has 0 saturated carbocycles. The highest BCUT2D eigenvalue weighted by molar-refractivity contribution is 8.01. The van der Waals surface area contributed by atoms with Gasteiger partial charge in [0.1, 0.15) is 5.75 Å². The van der Waals surface area contributed by atoms with E-state index >= 15 is 0 Å². The minimum Gasteiger partial charge on any atom is -0.496 e. The number of anilines is 2. The molecule has 0 atom stereocenters. The van der Waals surface area contributed by atoms with Crippen LogP contribution >= 0.6 is 23.1 Å². The van der Waals surface area contributed by atoms with Gasteiger partial charge in [-0.05, 0) is 55.3 Å². The summed E-state index contributed by atoms with van der Waals surface area (Å²) in [4.78, 5) is 52.7. The molecule has 0 bridgehead atoms. The van der Waals surface area contributed by atoms with E-state index in [1.165, 1.54) is 42.3 Å². The van der Waals surface area contributed by atoms with Crippen LogP contribution in [0.2, 0.25) is 0 Å². The summed E-state index contributed by atoms with van der Waals surface area (Å²) in [5, 5.41) is 22.7. The Kier molecular flexibility index (Phi) is 9.30. The van der Waals surface area contributed by atoms with Crippen LogP contribution in [-0.2, 0) is 4.79 Å². The first-order valence-electron chi connectivity index (χ1n) is 13.6. The maximum atomic E-state index is 13.5. The van der Waals surface area contributed by atoms with Gasteiger partial charge in [0.05, 0.1) is 29.0 Å². The number of nitrogens with one attached hydrogen (secondary N) is 1. The summed E-state index contributed by atoms with van der Waals surface area (Å²) in [5.74, 6) is -1.93. The highest BCUT2D eigenvalue weighted by Crippen LogP contribution is 2.37. The SMILES string of the molecule is COc1ccc(Sc2cnc(NC(=O)c3ccc(N(C)C)cc3)s2)cc1C(=O)N1CCC(C(=O)On2c(O)ccc2O)CC1. The number of benzene rings is 2. The quantitative estimate of drug-likeness (QED) is 0.242. The maximum Gasteiger partial charge on any atom is 0.336 e. The van der Waals surface area contributed by atoms with Gasteiger partial charge in [-0.2, -0.15) is 0 Å². The lowest BCUT2D eigenvalue weighted by Crippen LogP contribution is -2.42. The number of aromatic nitrogens is 2. The van der Waals surface area contributed by atoms with Crippen LogP contribution in [0.4, 0.5) is 10.8 Å². The Morgan fingerprint density at radius 1 is 1.02 bits per heavy atom. The van der Waals surface area contributed by atoms with Crippen LogP contribution in [0.15, 0.2) is 69.9 Å². The minimum atomic E-state index is -0.600. The van der Waals surface area contributed by atoms with Crippen LogP contribution in [0, 0.1) is 5.92 Å². The smallest absolute Gasteiger partial charge is 0.336 e. The Bertz CT molecular complexity index is 1640. The van der Waals surface area contributed by atoms with E-state index < -0.39 is 23.6 Å². The van der Waals surface area contributed by atoms with E-state index in [1.54, 1.807) is 35.4 Å². The zero-order chi connectivity index (χ0) is 31.4. The fourth-order valence-corrected chi connectivity index (χ4v) is 6.51. The van der Waals surface area contributed by atoms with E-state index in [-0.39, 0.29) is 11.8 Å². The Balaban J connectivity index is 1.20. The summed E-state index contributed by atoms with van der Waals surface area (Å²) in [6, 6.07) is 15.0. The van der Waals surface area contributed by atoms with Crippen molar-refractivity contribution in [2.75, 3.05) is 44.5 Å². The predicted octanol–water partition coefficient (Wildman–Crippen LogP) is 4.34. The molecule has 1 aliphatic heterocycles. The molecule has 4 aromatic rings. The zero-order valence-corrected chi connectivity index (χ0v) is 25.9. The van der Waals surface area contributed by atoms with Crippen LogP contribution < -0.4 is 19.8 Å². The number of hydrogen-bond donors (Lipinski definition) is 3. The first-order valence-corrected chi connectivity index (χ1v) is 15.3. The average molecular weight is 638 g/mol. The molecule has 1 saturated heterocycles. The lowest BCUT2D eigenvalue weighted by atomic mass is 9.96. The summed E-state index contributed by atoms with van der Waals surface area (Å²) in [7, 11) is 5.37. The lowest BCUT2D eigenvalue weighted by molar-refractivity contribution is -0.151. The number of methoxy groups -OCH3 is 1. The van der Waals surface area contributed by atoms with E-state index in [4.69, 9.17) is 9.57 Å². The van der Waals surface area contributed by atoms with Crippen LogP contribution in [0.1, 0.15) is 33.6 Å². The van der Waals surface area contributed by atoms with Crippen molar-refractivity contribution in [3.63, 3.8) is 0 Å². The molecule has 230 valence electrons. The molecule has 2 aromatic heterocycles. The summed E-state index contributed by atoms with van der Waals surface area (Å²) < 4.78 is 6.96. The van der Waals surface area contributed by atoms with Crippen molar-refractivity contribution in [3.05, 3.63) is 71.9 Å². The number of piperidine rings is 1. The van der Waals surface area contributed by atoms with Gasteiger partial charge in [-0.3, -0.25) is 14.9 Å². The van der Waals surface area contributed by atoms with Crippen molar-refractivity contribution in [3.8, 4) is 17.5 Å². The molecule has 0 radical (unpaired) electrons. The highest BCUT2D eigenvalue weighted by atomic mass is 32.2. The maximum absolute atomic E-state index is 13.5. The average Bonchev–Trinajstić information content (AvgIpc) is 3.61. The molecule has 1 fully saturated rings. The molecule has 0 spiro atoms. The van der Waals surface area contributed by atoms with Gasteiger partial charge >= 0.3 is 5.97 Å². The van der Waals surface area contributed by atoms with Gasteiger partial charge in [0.15, 0.2) is 5.13 Å². The topological polar surface area (TPSA) is 146 Å². The van der Waals surface area contributed by atoms with Gasteiger partial charge in [-0.25, -0.2) is 9.78 Å². The van der Waals surface area contributed by atoms with Gasteiger partial charge in [0.2, 0.25) is 11.8 Å². The van der Waals surface area contributed by atoms with Gasteiger partial charge in [-0.1, -0.05) is 23.1 Å². The van der Waals surface area contributed by atoms with Crippen molar-refractivity contribution >= 4 is 51.7 Å². The standard InChI is InChI=1S/C30H31N5O7S2/c1-33(2)20-6-4-18(5-7-20)27(38)32-30-31-17-26(44-30)43-21-8-9-23(41-3)22(16-21)28(39)34-14-12-19(13-15-34)29(40)42-35-24(36)10-11-25(35)37/h4-11,16-17,19,36-37H,12-15H2,1-3H3,(H,31,32,38). The monoisotopic (exact) mass is 637 g/mol. The van der Waals surface area contributed by atoms with E-state index in [0.717, 1.165) is 14.8 Å². The molecular weight excluding hydrogens is 606 g/mol. The normalized spacial score (nSPS) is 13.4. The van der Waals surface area contributed by atoms with E-state index in [0.29, 0.717) is 52.7 Å².